The second-order valence-electron chi connectivity index (χ2n) is 12.1. The van der Waals surface area contributed by atoms with Crippen molar-refractivity contribution in [1.29, 1.82) is 0 Å². The maximum Gasteiger partial charge on any atom is 0.245 e. The molecule has 5 amide bonds. The Kier molecular flexibility index (Phi) is 15.5. The van der Waals surface area contributed by atoms with Crippen molar-refractivity contribution < 1.29 is 43.8 Å². The molecule has 14 nitrogen and oxygen atoms in total. The Morgan fingerprint density at radius 3 is 1.60 bits per heavy atom. The zero-order valence-electron chi connectivity index (χ0n) is 26.2. The van der Waals surface area contributed by atoms with E-state index in [-0.39, 0.29) is 24.7 Å². The number of carbonyl (C=O) groups excluding carboxylic acids is 7. The van der Waals surface area contributed by atoms with Gasteiger partial charge in [-0.1, -0.05) is 48.0 Å². The van der Waals surface area contributed by atoms with Gasteiger partial charge in [-0.05, 0) is 37.5 Å². The monoisotopic (exact) mass is 611 g/mol. The molecule has 1 heterocycles. The summed E-state index contributed by atoms with van der Waals surface area (Å²) >= 11 is 0. The molecule has 0 saturated carbocycles. The van der Waals surface area contributed by atoms with E-state index in [4.69, 9.17) is 0 Å². The standard InChI is InChI=1S/C29H49N5O9/c1-8-16(6)23-25(39)21(37)9-10-22(38)30-18(11-14(2)3)26(40)32-20(13-35)28(42)34-24(17(7)36)29(43)31-19(12-15(4)5)27(41)33-23/h14-20,23-24,35-36H,8-13H2,1-7H3,(H,30,38)(H,31,43)(H,32,40)(H,33,41)(H,34,42)/t16-,17+,18+,19+,20-,23-,24-/m0/s1. The van der Waals surface area contributed by atoms with Gasteiger partial charge in [-0.15, -0.1) is 0 Å². The molecule has 43 heavy (non-hydrogen) atoms. The number of Topliss-reactive ketones (excluding diaryl/α,β-unsaturated/α-hetero) is 2. The van der Waals surface area contributed by atoms with E-state index in [2.05, 4.69) is 26.6 Å². The summed E-state index contributed by atoms with van der Waals surface area (Å²) in [5.74, 6) is -6.54. The Bertz CT molecular complexity index is 1030. The predicted octanol–water partition coefficient (Wildman–Crippen LogP) is -1.15. The summed E-state index contributed by atoms with van der Waals surface area (Å²) in [4.78, 5) is 91.5. The number of hydrogen-bond donors (Lipinski definition) is 7. The number of aliphatic hydroxyl groups excluding tert-OH is 2. The third-order valence-electron chi connectivity index (χ3n) is 7.22. The summed E-state index contributed by atoms with van der Waals surface area (Å²) < 4.78 is 0. The van der Waals surface area contributed by atoms with E-state index in [9.17, 15) is 43.8 Å². The van der Waals surface area contributed by atoms with Gasteiger partial charge in [-0.3, -0.25) is 33.6 Å². The van der Waals surface area contributed by atoms with Crippen LogP contribution in [0.25, 0.3) is 0 Å². The van der Waals surface area contributed by atoms with Gasteiger partial charge in [-0.2, -0.15) is 0 Å². The second kappa shape index (κ2) is 17.7. The van der Waals surface area contributed by atoms with Crippen molar-refractivity contribution in [1.82, 2.24) is 26.6 Å². The quantitative estimate of drug-likeness (QED) is 0.165. The van der Waals surface area contributed by atoms with Gasteiger partial charge in [-0.25, -0.2) is 0 Å². The van der Waals surface area contributed by atoms with E-state index in [0.717, 1.165) is 0 Å². The number of carbonyl (C=O) groups is 7. The molecule has 7 atom stereocenters. The van der Waals surface area contributed by atoms with Crippen LogP contribution in [0.1, 0.15) is 80.6 Å². The smallest absolute Gasteiger partial charge is 0.245 e. The Morgan fingerprint density at radius 2 is 1.12 bits per heavy atom. The highest BCUT2D eigenvalue weighted by atomic mass is 16.3. The average molecular weight is 612 g/mol. The summed E-state index contributed by atoms with van der Waals surface area (Å²) in [7, 11) is 0. The minimum atomic E-state index is -1.58. The van der Waals surface area contributed by atoms with Crippen LogP contribution in [0.15, 0.2) is 0 Å². The van der Waals surface area contributed by atoms with E-state index in [1.165, 1.54) is 6.92 Å². The van der Waals surface area contributed by atoms with E-state index >= 15 is 0 Å². The van der Waals surface area contributed by atoms with E-state index < -0.39 is 103 Å². The zero-order valence-corrected chi connectivity index (χ0v) is 26.2. The van der Waals surface area contributed by atoms with Crippen LogP contribution in [0.5, 0.6) is 0 Å². The van der Waals surface area contributed by atoms with Gasteiger partial charge in [0, 0.05) is 12.8 Å². The molecule has 0 spiro atoms. The minimum absolute atomic E-state index is 0.0794. The number of ketones is 2. The van der Waals surface area contributed by atoms with Crippen LogP contribution in [0, 0.1) is 17.8 Å². The van der Waals surface area contributed by atoms with Gasteiger partial charge < -0.3 is 36.8 Å². The Hall–Kier alpha value is -3.39. The van der Waals surface area contributed by atoms with Gasteiger partial charge >= 0.3 is 0 Å². The maximum atomic E-state index is 13.4. The highest BCUT2D eigenvalue weighted by Crippen LogP contribution is 2.14. The molecule has 1 aliphatic heterocycles. The van der Waals surface area contributed by atoms with Gasteiger partial charge in [0.05, 0.1) is 18.8 Å². The van der Waals surface area contributed by atoms with Crippen molar-refractivity contribution in [3.8, 4) is 0 Å². The van der Waals surface area contributed by atoms with Crippen LogP contribution in [0.4, 0.5) is 0 Å². The number of amides is 5. The Balaban J connectivity index is 3.56. The van der Waals surface area contributed by atoms with Crippen molar-refractivity contribution in [2.45, 2.75) is 117 Å². The van der Waals surface area contributed by atoms with E-state index in [1.807, 2.05) is 0 Å². The number of aliphatic hydroxyl groups is 2. The molecule has 14 heteroatoms. The lowest BCUT2D eigenvalue weighted by molar-refractivity contribution is -0.141. The first kappa shape index (κ1) is 37.6. The molecule has 244 valence electrons. The molecule has 1 rings (SSSR count). The molecule has 0 aromatic heterocycles. The van der Waals surface area contributed by atoms with Crippen molar-refractivity contribution >= 4 is 41.1 Å². The molecule has 1 saturated heterocycles. The minimum Gasteiger partial charge on any atom is -0.394 e. The highest BCUT2D eigenvalue weighted by Gasteiger charge is 2.36. The second-order valence-corrected chi connectivity index (χ2v) is 12.1. The van der Waals surface area contributed by atoms with Crippen LogP contribution in [0.3, 0.4) is 0 Å². The zero-order chi connectivity index (χ0) is 33.0. The fraction of sp³-hybridized carbons (Fsp3) is 0.759. The first-order valence-corrected chi connectivity index (χ1v) is 14.9. The lowest BCUT2D eigenvalue weighted by atomic mass is 9.91. The molecular weight excluding hydrogens is 562 g/mol. The van der Waals surface area contributed by atoms with Crippen LogP contribution in [0.2, 0.25) is 0 Å². The summed E-state index contributed by atoms with van der Waals surface area (Å²) in [6.45, 7) is 11.0. The molecular formula is C29H49N5O9. The molecule has 0 unspecified atom stereocenters. The average Bonchev–Trinajstić information content (AvgIpc) is 2.92. The SMILES string of the molecule is CC[C@H](C)[C@@H]1NC(=O)[C@@H](CC(C)C)NC(=O)[C@H]([C@@H](C)O)NC(=O)[C@H](CO)NC(=O)[C@@H](CC(C)C)NC(=O)CCC(=O)C1=O. The number of rotatable bonds is 8. The van der Waals surface area contributed by atoms with E-state index in [1.54, 1.807) is 41.5 Å². The predicted molar refractivity (Wildman–Crippen MR) is 156 cm³/mol. The van der Waals surface area contributed by atoms with Crippen LogP contribution in [-0.4, -0.2) is 94.2 Å². The van der Waals surface area contributed by atoms with Crippen molar-refractivity contribution in [2.24, 2.45) is 17.8 Å². The van der Waals surface area contributed by atoms with E-state index in [0.29, 0.717) is 6.42 Å². The van der Waals surface area contributed by atoms with Crippen LogP contribution >= 0.6 is 0 Å². The molecule has 0 aliphatic carbocycles. The molecule has 0 aromatic carbocycles. The summed E-state index contributed by atoms with van der Waals surface area (Å²) in [5, 5.41) is 32.5. The summed E-state index contributed by atoms with van der Waals surface area (Å²) in [5.41, 5.74) is 0. The van der Waals surface area contributed by atoms with Crippen molar-refractivity contribution in [3.63, 3.8) is 0 Å². The first-order valence-electron chi connectivity index (χ1n) is 14.9. The number of hydrogen-bond acceptors (Lipinski definition) is 9. The van der Waals surface area contributed by atoms with Gasteiger partial charge in [0.25, 0.3) is 0 Å². The van der Waals surface area contributed by atoms with Crippen molar-refractivity contribution in [2.75, 3.05) is 6.61 Å². The van der Waals surface area contributed by atoms with Gasteiger partial charge in [0.15, 0.2) is 0 Å². The highest BCUT2D eigenvalue weighted by molar-refractivity contribution is 6.39. The van der Waals surface area contributed by atoms with Crippen LogP contribution in [-0.2, 0) is 33.6 Å². The molecule has 0 bridgehead atoms. The molecule has 0 radical (unpaired) electrons. The lowest BCUT2D eigenvalue weighted by Crippen LogP contribution is -2.62. The van der Waals surface area contributed by atoms with Crippen molar-refractivity contribution in [3.05, 3.63) is 0 Å². The third kappa shape index (κ3) is 12.0. The molecule has 1 fully saturated rings. The maximum absolute atomic E-state index is 13.4. The molecule has 1 aliphatic rings. The van der Waals surface area contributed by atoms with Gasteiger partial charge in [0.2, 0.25) is 41.1 Å². The largest absolute Gasteiger partial charge is 0.394 e. The van der Waals surface area contributed by atoms with Gasteiger partial charge in [0.1, 0.15) is 24.2 Å². The summed E-state index contributed by atoms with van der Waals surface area (Å²) in [6, 6.07) is -6.68. The fourth-order valence-electron chi connectivity index (χ4n) is 4.54. The van der Waals surface area contributed by atoms with Crippen LogP contribution < -0.4 is 26.6 Å². The molecule has 7 N–H and O–H groups in total. The Morgan fingerprint density at radius 1 is 0.651 bits per heavy atom. The Labute approximate surface area is 252 Å². The topological polar surface area (TPSA) is 220 Å². The number of nitrogens with one attached hydrogen (secondary N) is 5. The summed E-state index contributed by atoms with van der Waals surface area (Å²) in [6.07, 6.45) is -1.61. The normalized spacial score (nSPS) is 27.2. The lowest BCUT2D eigenvalue weighted by Gasteiger charge is -2.29. The molecule has 0 aromatic rings. The third-order valence-corrected chi connectivity index (χ3v) is 7.22. The first-order chi connectivity index (χ1) is 20.0. The fourth-order valence-corrected chi connectivity index (χ4v) is 4.54.